The number of sulfone groups is 1. The third kappa shape index (κ3) is 4.77. The highest BCUT2D eigenvalue weighted by Gasteiger charge is 2.36. The molecule has 1 fully saturated rings. The molecular formula is C18H31N3O5S2. The summed E-state index contributed by atoms with van der Waals surface area (Å²) in [6, 6.07) is 1.04. The van der Waals surface area contributed by atoms with E-state index in [2.05, 4.69) is 0 Å². The van der Waals surface area contributed by atoms with E-state index in [1.165, 1.54) is 21.1 Å². The molecular weight excluding hydrogens is 402 g/mol. The highest BCUT2D eigenvalue weighted by molar-refractivity contribution is 7.91. The highest BCUT2D eigenvalue weighted by atomic mass is 32.2. The van der Waals surface area contributed by atoms with E-state index in [9.17, 15) is 21.6 Å². The Bertz CT molecular complexity index is 902. The fourth-order valence-corrected chi connectivity index (χ4v) is 6.81. The second kappa shape index (κ2) is 8.96. The molecule has 8 nitrogen and oxygen atoms in total. The monoisotopic (exact) mass is 433 g/mol. The van der Waals surface area contributed by atoms with E-state index in [1.54, 1.807) is 25.8 Å². The Balaban J connectivity index is 2.36. The number of hydrogen-bond acceptors (Lipinski definition) is 5. The highest BCUT2D eigenvalue weighted by Crippen LogP contribution is 2.23. The zero-order valence-electron chi connectivity index (χ0n) is 17.1. The van der Waals surface area contributed by atoms with Gasteiger partial charge < -0.3 is 9.47 Å². The second-order valence-electron chi connectivity index (χ2n) is 7.17. The van der Waals surface area contributed by atoms with E-state index >= 15 is 0 Å². The summed E-state index contributed by atoms with van der Waals surface area (Å²) in [6.07, 6.45) is 3.51. The molecule has 1 amide bonds. The first-order valence-corrected chi connectivity index (χ1v) is 13.0. The lowest BCUT2D eigenvalue weighted by molar-refractivity contribution is 0.0684. The molecule has 2 heterocycles. The summed E-state index contributed by atoms with van der Waals surface area (Å²) in [6.45, 7) is 6.69. The lowest BCUT2D eigenvalue weighted by Gasteiger charge is -2.28. The smallest absolute Gasteiger partial charge is 0.270 e. The largest absolute Gasteiger partial charge is 0.345 e. The van der Waals surface area contributed by atoms with Gasteiger partial charge in [0.25, 0.3) is 5.91 Å². The first kappa shape index (κ1) is 22.9. The molecule has 0 aromatic carbocycles. The number of carbonyl (C=O) groups excluding carboxylic acids is 1. The number of aromatic nitrogens is 1. The molecule has 0 N–H and O–H groups in total. The summed E-state index contributed by atoms with van der Waals surface area (Å²) < 4.78 is 52.2. The lowest BCUT2D eigenvalue weighted by Crippen LogP contribution is -2.42. The summed E-state index contributed by atoms with van der Waals surface area (Å²) >= 11 is 0. The Morgan fingerprint density at radius 1 is 1.25 bits per heavy atom. The Kier molecular flexibility index (Phi) is 7.33. The van der Waals surface area contributed by atoms with Crippen LogP contribution in [-0.4, -0.2) is 73.7 Å². The molecule has 0 saturated carbocycles. The summed E-state index contributed by atoms with van der Waals surface area (Å²) in [5.74, 6) is -0.265. The topological polar surface area (TPSA) is 96.8 Å². The molecule has 1 aromatic heterocycles. The quantitative estimate of drug-likeness (QED) is 0.588. The molecule has 160 valence electrons. The van der Waals surface area contributed by atoms with Gasteiger partial charge >= 0.3 is 0 Å². The van der Waals surface area contributed by atoms with Crippen LogP contribution in [0.15, 0.2) is 17.2 Å². The summed E-state index contributed by atoms with van der Waals surface area (Å²) in [7, 11) is -5.16. The molecule has 1 aromatic rings. The van der Waals surface area contributed by atoms with Crippen molar-refractivity contribution in [3.8, 4) is 0 Å². The maximum Gasteiger partial charge on any atom is 0.270 e. The number of aryl methyl sites for hydroxylation is 1. The van der Waals surface area contributed by atoms with Crippen molar-refractivity contribution in [3.05, 3.63) is 18.0 Å². The van der Waals surface area contributed by atoms with Crippen molar-refractivity contribution in [2.45, 2.75) is 51.0 Å². The van der Waals surface area contributed by atoms with Crippen LogP contribution >= 0.6 is 0 Å². The normalized spacial score (nSPS) is 19.2. The minimum atomic E-state index is -3.67. The molecule has 1 aliphatic heterocycles. The predicted molar refractivity (Wildman–Crippen MR) is 109 cm³/mol. The second-order valence-corrected chi connectivity index (χ2v) is 11.3. The number of rotatable bonds is 9. The SMILES string of the molecule is CCCCN(C(=O)c1cc(S(=O)(=O)N(CC)CC)cn1C)C1CCS(=O)(=O)C1. The van der Waals surface area contributed by atoms with E-state index < -0.39 is 19.9 Å². The standard InChI is InChI=1S/C18H31N3O5S2/c1-5-8-10-21(15-9-11-27(23,24)14-15)18(22)17-12-16(13-19(17)4)28(25,26)20(6-2)7-3/h12-13,15H,5-11,14H2,1-4H3. The van der Waals surface area contributed by atoms with Crippen LogP contribution in [0, 0.1) is 0 Å². The van der Waals surface area contributed by atoms with Gasteiger partial charge in [0.05, 0.1) is 11.5 Å². The van der Waals surface area contributed by atoms with Gasteiger partial charge in [-0.25, -0.2) is 16.8 Å². The third-order valence-corrected chi connectivity index (χ3v) is 8.97. The zero-order valence-corrected chi connectivity index (χ0v) is 18.7. The first-order chi connectivity index (χ1) is 13.1. The number of hydrogen-bond donors (Lipinski definition) is 0. The minimum absolute atomic E-state index is 0.0303. The van der Waals surface area contributed by atoms with Crippen molar-refractivity contribution in [2.24, 2.45) is 7.05 Å². The molecule has 0 radical (unpaired) electrons. The van der Waals surface area contributed by atoms with E-state index in [0.29, 0.717) is 26.1 Å². The molecule has 1 atom stereocenters. The van der Waals surface area contributed by atoms with Crippen LogP contribution in [0.4, 0.5) is 0 Å². The van der Waals surface area contributed by atoms with Gasteiger partial charge in [-0.1, -0.05) is 27.2 Å². The molecule has 10 heteroatoms. The van der Waals surface area contributed by atoms with E-state index in [0.717, 1.165) is 12.8 Å². The Morgan fingerprint density at radius 2 is 1.89 bits per heavy atom. The van der Waals surface area contributed by atoms with Gasteiger partial charge in [-0.15, -0.1) is 0 Å². The number of carbonyl (C=O) groups is 1. The Hall–Kier alpha value is -1.39. The molecule has 0 bridgehead atoms. The summed E-state index contributed by atoms with van der Waals surface area (Å²) in [5.41, 5.74) is 0.256. The van der Waals surface area contributed by atoms with Gasteiger partial charge in [0.2, 0.25) is 10.0 Å². The predicted octanol–water partition coefficient (Wildman–Crippen LogP) is 1.49. The van der Waals surface area contributed by atoms with Crippen LogP contribution in [0.3, 0.4) is 0 Å². The van der Waals surface area contributed by atoms with E-state index in [4.69, 9.17) is 0 Å². The molecule has 28 heavy (non-hydrogen) atoms. The van der Waals surface area contributed by atoms with E-state index in [1.807, 2.05) is 6.92 Å². The molecule has 1 saturated heterocycles. The lowest BCUT2D eigenvalue weighted by atomic mass is 10.2. The van der Waals surface area contributed by atoms with Gasteiger partial charge in [-0.2, -0.15) is 4.31 Å². The number of amides is 1. The van der Waals surface area contributed by atoms with Gasteiger partial charge in [0.1, 0.15) is 10.6 Å². The van der Waals surface area contributed by atoms with Crippen LogP contribution in [0.1, 0.15) is 50.5 Å². The van der Waals surface area contributed by atoms with Gasteiger partial charge in [0.15, 0.2) is 9.84 Å². The summed E-state index contributed by atoms with van der Waals surface area (Å²) in [4.78, 5) is 14.9. The first-order valence-electron chi connectivity index (χ1n) is 9.75. The average Bonchev–Trinajstić information content (AvgIpc) is 3.18. The van der Waals surface area contributed by atoms with Crippen molar-refractivity contribution < 1.29 is 21.6 Å². The van der Waals surface area contributed by atoms with Gasteiger partial charge in [0, 0.05) is 38.9 Å². The van der Waals surface area contributed by atoms with Crippen LogP contribution < -0.4 is 0 Å². The van der Waals surface area contributed by atoms with Crippen molar-refractivity contribution in [2.75, 3.05) is 31.1 Å². The fraction of sp³-hybridized carbons (Fsp3) is 0.722. The minimum Gasteiger partial charge on any atom is -0.345 e. The molecule has 0 spiro atoms. The van der Waals surface area contributed by atoms with Crippen LogP contribution in [0.5, 0.6) is 0 Å². The number of nitrogens with zero attached hydrogens (tertiary/aromatic N) is 3. The van der Waals surface area contributed by atoms with Gasteiger partial charge in [-0.3, -0.25) is 4.79 Å². The van der Waals surface area contributed by atoms with Crippen molar-refractivity contribution in [3.63, 3.8) is 0 Å². The Labute approximate surface area is 168 Å². The van der Waals surface area contributed by atoms with E-state index in [-0.39, 0.29) is 34.0 Å². The van der Waals surface area contributed by atoms with Crippen LogP contribution in [0.25, 0.3) is 0 Å². The van der Waals surface area contributed by atoms with Crippen molar-refractivity contribution in [1.82, 2.24) is 13.8 Å². The Morgan fingerprint density at radius 3 is 2.39 bits per heavy atom. The number of sulfonamides is 1. The number of unbranched alkanes of at least 4 members (excludes halogenated alkanes) is 1. The fourth-order valence-electron chi connectivity index (χ4n) is 3.55. The average molecular weight is 434 g/mol. The van der Waals surface area contributed by atoms with Crippen LogP contribution in [-0.2, 0) is 26.9 Å². The zero-order chi connectivity index (χ0) is 21.1. The van der Waals surface area contributed by atoms with Gasteiger partial charge in [-0.05, 0) is 18.9 Å². The van der Waals surface area contributed by atoms with Crippen molar-refractivity contribution in [1.29, 1.82) is 0 Å². The molecule has 0 aliphatic carbocycles. The molecule has 2 rings (SSSR count). The molecule has 1 unspecified atom stereocenters. The molecule has 1 aliphatic rings. The van der Waals surface area contributed by atoms with Crippen molar-refractivity contribution >= 4 is 25.8 Å². The van der Waals surface area contributed by atoms with Crippen LogP contribution in [0.2, 0.25) is 0 Å². The maximum atomic E-state index is 13.2. The maximum absolute atomic E-state index is 13.2. The summed E-state index contributed by atoms with van der Waals surface area (Å²) in [5, 5.41) is 0. The third-order valence-electron chi connectivity index (χ3n) is 5.20.